The zero-order valence-corrected chi connectivity index (χ0v) is 10.1. The lowest BCUT2D eigenvalue weighted by atomic mass is 10.2. The van der Waals surface area contributed by atoms with Crippen LogP contribution in [0.25, 0.3) is 0 Å². The van der Waals surface area contributed by atoms with Crippen molar-refractivity contribution in [1.82, 2.24) is 5.32 Å². The van der Waals surface area contributed by atoms with Gasteiger partial charge in [-0.15, -0.1) is 0 Å². The number of hydrogen-bond donors (Lipinski definition) is 2. The Balaban J connectivity index is 2.44. The summed E-state index contributed by atoms with van der Waals surface area (Å²) in [4.78, 5) is 11.4. The van der Waals surface area contributed by atoms with E-state index in [0.29, 0.717) is 6.42 Å². The minimum absolute atomic E-state index is 0.471. The molecule has 4 nitrogen and oxygen atoms in total. The monoisotopic (exact) mass is 273 g/mol. The highest BCUT2D eigenvalue weighted by Crippen LogP contribution is 2.29. The van der Waals surface area contributed by atoms with Crippen molar-refractivity contribution in [3.8, 4) is 0 Å². The number of hydrogen-bond acceptors (Lipinski definition) is 3. The molecule has 0 radical (unpaired) electrons. The zero-order valence-electron chi connectivity index (χ0n) is 7.84. The van der Waals surface area contributed by atoms with Crippen LogP contribution in [0.1, 0.15) is 13.3 Å². The van der Waals surface area contributed by atoms with Crippen molar-refractivity contribution >= 4 is 40.7 Å². The summed E-state index contributed by atoms with van der Waals surface area (Å²) in [6.07, 6.45) is -0.254. The summed E-state index contributed by atoms with van der Waals surface area (Å²) in [6, 6.07) is 0. The number of carbonyl (C=O) groups is 1. The molecule has 0 fully saturated rings. The molecule has 1 aliphatic rings. The van der Waals surface area contributed by atoms with E-state index in [1.807, 2.05) is 6.92 Å². The molecular weight excluding hydrogens is 264 g/mol. The smallest absolute Gasteiger partial charge is 0.263 e. The quantitative estimate of drug-likeness (QED) is 0.592. The highest BCUT2D eigenvalue weighted by atomic mass is 35.6. The first kappa shape index (κ1) is 12.9. The number of rotatable bonds is 2. The molecule has 0 saturated heterocycles. The molecular formula is C8H10Cl3NO3. The number of alkyl halides is 3. The van der Waals surface area contributed by atoms with Crippen LogP contribution in [-0.4, -0.2) is 27.1 Å². The number of carbonyl (C=O) groups excluding carboxylic acids is 1. The lowest BCUT2D eigenvalue weighted by molar-refractivity contribution is -0.131. The van der Waals surface area contributed by atoms with Gasteiger partial charge in [0.2, 0.25) is 3.79 Å². The minimum Gasteiger partial charge on any atom is -0.488 e. The summed E-state index contributed by atoms with van der Waals surface area (Å²) in [5.74, 6) is -0.512. The van der Waals surface area contributed by atoms with Crippen LogP contribution in [0.2, 0.25) is 0 Å². The molecule has 0 spiro atoms. The van der Waals surface area contributed by atoms with Gasteiger partial charge in [0.15, 0.2) is 12.3 Å². The molecule has 0 bridgehead atoms. The van der Waals surface area contributed by atoms with Gasteiger partial charge in [0.05, 0.1) is 6.26 Å². The van der Waals surface area contributed by atoms with Crippen LogP contribution in [0, 0.1) is 0 Å². The van der Waals surface area contributed by atoms with Gasteiger partial charge < -0.3 is 15.2 Å². The van der Waals surface area contributed by atoms with Crippen molar-refractivity contribution < 1.29 is 14.6 Å². The Morgan fingerprint density at radius 1 is 1.73 bits per heavy atom. The lowest BCUT2D eigenvalue weighted by Crippen LogP contribution is -2.47. The van der Waals surface area contributed by atoms with Crippen LogP contribution in [0.5, 0.6) is 0 Å². The second-order valence-corrected chi connectivity index (χ2v) is 5.61. The molecule has 1 amide bonds. The van der Waals surface area contributed by atoms with E-state index in [-0.39, 0.29) is 0 Å². The Morgan fingerprint density at radius 3 is 2.73 bits per heavy atom. The summed E-state index contributed by atoms with van der Waals surface area (Å²) < 4.78 is 3.08. The van der Waals surface area contributed by atoms with Crippen LogP contribution in [-0.2, 0) is 9.53 Å². The lowest BCUT2D eigenvalue weighted by Gasteiger charge is -2.21. The van der Waals surface area contributed by atoms with Crippen LogP contribution >= 0.6 is 34.8 Å². The van der Waals surface area contributed by atoms with Gasteiger partial charge in [-0.1, -0.05) is 34.8 Å². The van der Waals surface area contributed by atoms with Gasteiger partial charge in [-0.25, -0.2) is 0 Å². The second-order valence-electron chi connectivity index (χ2n) is 3.25. The summed E-state index contributed by atoms with van der Waals surface area (Å²) in [5, 5.41) is 11.4. The number of aliphatic hydroxyl groups excluding tert-OH is 1. The van der Waals surface area contributed by atoms with Crippen LogP contribution in [0.15, 0.2) is 11.8 Å². The average Bonchev–Trinajstić information content (AvgIpc) is 2.50. The SMILES string of the molecule is CC1=COC(C(=O)NC(O)C(Cl)(Cl)Cl)C1. The third kappa shape index (κ3) is 3.72. The highest BCUT2D eigenvalue weighted by Gasteiger charge is 2.34. The molecule has 0 saturated carbocycles. The Morgan fingerprint density at radius 2 is 2.33 bits per heavy atom. The maximum atomic E-state index is 11.4. The fraction of sp³-hybridized carbons (Fsp3) is 0.625. The van der Waals surface area contributed by atoms with Gasteiger partial charge in [0.1, 0.15) is 0 Å². The molecule has 0 aromatic rings. The Labute approximate surface area is 102 Å². The first-order valence-electron chi connectivity index (χ1n) is 4.17. The third-order valence-electron chi connectivity index (χ3n) is 1.82. The molecule has 1 aliphatic heterocycles. The molecule has 2 unspecified atom stereocenters. The van der Waals surface area contributed by atoms with E-state index in [1.165, 1.54) is 6.26 Å². The number of nitrogens with one attached hydrogen (secondary N) is 1. The summed E-state index contributed by atoms with van der Waals surface area (Å²) >= 11 is 16.1. The van der Waals surface area contributed by atoms with Crippen LogP contribution in [0.3, 0.4) is 0 Å². The van der Waals surface area contributed by atoms with Gasteiger partial charge in [0, 0.05) is 6.42 Å². The van der Waals surface area contributed by atoms with Crippen LogP contribution in [0.4, 0.5) is 0 Å². The van der Waals surface area contributed by atoms with Crippen LogP contribution < -0.4 is 5.32 Å². The number of aliphatic hydroxyl groups is 1. The molecule has 0 aromatic carbocycles. The maximum absolute atomic E-state index is 11.4. The van der Waals surface area contributed by atoms with Crippen molar-refractivity contribution in [2.24, 2.45) is 0 Å². The topological polar surface area (TPSA) is 58.6 Å². The molecule has 2 atom stereocenters. The first-order chi connectivity index (χ1) is 6.80. The molecule has 0 aliphatic carbocycles. The zero-order chi connectivity index (χ0) is 11.6. The van der Waals surface area contributed by atoms with E-state index < -0.39 is 22.0 Å². The van der Waals surface area contributed by atoms with Crippen molar-refractivity contribution in [3.05, 3.63) is 11.8 Å². The van der Waals surface area contributed by atoms with Gasteiger partial charge in [0.25, 0.3) is 5.91 Å². The summed E-state index contributed by atoms with van der Waals surface area (Å²) in [5.41, 5.74) is 0.943. The predicted molar refractivity (Wildman–Crippen MR) is 57.7 cm³/mol. The fourth-order valence-electron chi connectivity index (χ4n) is 1.05. The fourth-order valence-corrected chi connectivity index (χ4v) is 1.21. The number of ether oxygens (including phenoxy) is 1. The molecule has 0 aromatic heterocycles. The van der Waals surface area contributed by atoms with Crippen molar-refractivity contribution in [3.63, 3.8) is 0 Å². The molecule has 15 heavy (non-hydrogen) atoms. The van der Waals surface area contributed by atoms with E-state index in [9.17, 15) is 9.90 Å². The highest BCUT2D eigenvalue weighted by molar-refractivity contribution is 6.68. The predicted octanol–water partition coefficient (Wildman–Crippen LogP) is 1.48. The van der Waals surface area contributed by atoms with Gasteiger partial charge >= 0.3 is 0 Å². The first-order valence-corrected chi connectivity index (χ1v) is 5.30. The van der Waals surface area contributed by atoms with Crippen molar-refractivity contribution in [1.29, 1.82) is 0 Å². The normalized spacial score (nSPS) is 23.0. The maximum Gasteiger partial charge on any atom is 0.263 e. The summed E-state index contributed by atoms with van der Waals surface area (Å²) in [6.45, 7) is 1.83. The van der Waals surface area contributed by atoms with E-state index in [2.05, 4.69) is 5.32 Å². The van der Waals surface area contributed by atoms with Gasteiger partial charge in [-0.3, -0.25) is 4.79 Å². The standard InChI is InChI=1S/C8H10Cl3NO3/c1-4-2-5(15-3-4)6(13)12-7(14)8(9,10)11/h3,5,7,14H,2H2,1H3,(H,12,13). The number of halogens is 3. The van der Waals surface area contributed by atoms with E-state index in [4.69, 9.17) is 39.5 Å². The van der Waals surface area contributed by atoms with Crippen molar-refractivity contribution in [2.75, 3.05) is 0 Å². The third-order valence-corrected chi connectivity index (χ3v) is 2.44. The largest absolute Gasteiger partial charge is 0.488 e. The summed E-state index contributed by atoms with van der Waals surface area (Å²) in [7, 11) is 0. The molecule has 86 valence electrons. The Bertz CT molecular complexity index is 287. The molecule has 7 heteroatoms. The Hall–Kier alpha value is -0.160. The van der Waals surface area contributed by atoms with E-state index >= 15 is 0 Å². The minimum atomic E-state index is -1.95. The van der Waals surface area contributed by atoms with E-state index in [0.717, 1.165) is 5.57 Å². The van der Waals surface area contributed by atoms with Crippen molar-refractivity contribution in [2.45, 2.75) is 29.5 Å². The molecule has 1 heterocycles. The van der Waals surface area contributed by atoms with E-state index in [1.54, 1.807) is 0 Å². The average molecular weight is 275 g/mol. The number of amides is 1. The van der Waals surface area contributed by atoms with Gasteiger partial charge in [-0.2, -0.15) is 0 Å². The Kier molecular flexibility index (Phi) is 4.12. The molecule has 2 N–H and O–H groups in total. The van der Waals surface area contributed by atoms with Gasteiger partial charge in [-0.05, 0) is 12.5 Å². The second kappa shape index (κ2) is 4.78. The molecule has 1 rings (SSSR count).